The minimum Gasteiger partial charge on any atom is -0.489 e. The molecule has 0 saturated carbocycles. The van der Waals surface area contributed by atoms with Crippen LogP contribution in [0.5, 0.6) is 5.75 Å². The molecular formula is C13H13NO. The van der Waals surface area contributed by atoms with Gasteiger partial charge in [0.15, 0.2) is 0 Å². The lowest BCUT2D eigenvalue weighted by atomic mass is 10.2. The van der Waals surface area contributed by atoms with E-state index in [9.17, 15) is 0 Å². The lowest BCUT2D eigenvalue weighted by Crippen LogP contribution is -1.95. The van der Waals surface area contributed by atoms with Crippen LogP contribution in [0.3, 0.4) is 0 Å². The summed E-state index contributed by atoms with van der Waals surface area (Å²) in [5, 5.41) is 0. The predicted octanol–water partition coefficient (Wildman–Crippen LogP) is 2.97. The minimum absolute atomic E-state index is 0.566. The molecule has 0 aliphatic carbocycles. The van der Waals surface area contributed by atoms with Crippen molar-refractivity contribution in [1.82, 2.24) is 4.98 Å². The summed E-state index contributed by atoms with van der Waals surface area (Å²) in [6.07, 6.45) is 3.57. The largest absolute Gasteiger partial charge is 0.489 e. The van der Waals surface area contributed by atoms with Gasteiger partial charge in [0.1, 0.15) is 12.4 Å². The topological polar surface area (TPSA) is 22.1 Å². The van der Waals surface area contributed by atoms with Crippen LogP contribution in [-0.2, 0) is 6.61 Å². The second kappa shape index (κ2) is 4.60. The lowest BCUT2D eigenvalue weighted by Gasteiger charge is -2.05. The maximum absolute atomic E-state index is 5.61. The van der Waals surface area contributed by atoms with Gasteiger partial charge in [-0.25, -0.2) is 0 Å². The van der Waals surface area contributed by atoms with Crippen LogP contribution in [0.1, 0.15) is 11.1 Å². The number of aromatic nitrogens is 1. The molecule has 0 aliphatic rings. The Morgan fingerprint density at radius 3 is 2.60 bits per heavy atom. The average molecular weight is 199 g/mol. The molecule has 0 spiro atoms. The van der Waals surface area contributed by atoms with E-state index in [1.807, 2.05) is 42.6 Å². The Kier molecular flexibility index (Phi) is 2.98. The van der Waals surface area contributed by atoms with Gasteiger partial charge in [0.05, 0.1) is 0 Å². The molecule has 1 aromatic heterocycles. The van der Waals surface area contributed by atoms with Gasteiger partial charge in [-0.2, -0.15) is 0 Å². The van der Waals surface area contributed by atoms with Gasteiger partial charge in [0.25, 0.3) is 0 Å². The van der Waals surface area contributed by atoms with Crippen molar-refractivity contribution in [1.29, 1.82) is 0 Å². The molecular weight excluding hydrogens is 186 g/mol. The fourth-order valence-electron chi connectivity index (χ4n) is 1.28. The second-order valence-electron chi connectivity index (χ2n) is 3.46. The first kappa shape index (κ1) is 9.71. The van der Waals surface area contributed by atoms with Gasteiger partial charge in [0, 0.05) is 18.0 Å². The number of aryl methyl sites for hydroxylation is 1. The molecule has 2 nitrogen and oxygen atoms in total. The van der Waals surface area contributed by atoms with Crippen LogP contribution in [0, 0.1) is 6.92 Å². The zero-order valence-electron chi connectivity index (χ0n) is 8.68. The smallest absolute Gasteiger partial charge is 0.119 e. The Labute approximate surface area is 89.6 Å². The fraction of sp³-hybridized carbons (Fsp3) is 0.154. The molecule has 0 saturated heterocycles. The van der Waals surface area contributed by atoms with E-state index < -0.39 is 0 Å². The van der Waals surface area contributed by atoms with Crippen LogP contribution >= 0.6 is 0 Å². The van der Waals surface area contributed by atoms with Crippen LogP contribution < -0.4 is 4.74 Å². The van der Waals surface area contributed by atoms with Crippen LogP contribution in [0.25, 0.3) is 0 Å². The number of rotatable bonds is 3. The molecule has 15 heavy (non-hydrogen) atoms. The summed E-state index contributed by atoms with van der Waals surface area (Å²) in [6.45, 7) is 2.63. The van der Waals surface area contributed by atoms with E-state index in [4.69, 9.17) is 4.74 Å². The predicted molar refractivity (Wildman–Crippen MR) is 59.7 cm³/mol. The third kappa shape index (κ3) is 2.81. The number of pyridine rings is 1. The molecule has 0 N–H and O–H groups in total. The Morgan fingerprint density at radius 2 is 1.93 bits per heavy atom. The molecule has 0 radical (unpaired) electrons. The van der Waals surface area contributed by atoms with E-state index in [2.05, 4.69) is 11.9 Å². The SMILES string of the molecule is Cc1ccc(OCc2cccnc2)cc1. The Bertz CT molecular complexity index is 408. The van der Waals surface area contributed by atoms with E-state index in [1.54, 1.807) is 6.20 Å². The molecule has 0 atom stereocenters. The third-order valence-electron chi connectivity index (χ3n) is 2.15. The number of hydrogen-bond donors (Lipinski definition) is 0. The van der Waals surface area contributed by atoms with Gasteiger partial charge in [0.2, 0.25) is 0 Å². The zero-order chi connectivity index (χ0) is 10.5. The van der Waals surface area contributed by atoms with Crippen LogP contribution in [-0.4, -0.2) is 4.98 Å². The highest BCUT2D eigenvalue weighted by Gasteiger charge is 1.94. The second-order valence-corrected chi connectivity index (χ2v) is 3.46. The lowest BCUT2D eigenvalue weighted by molar-refractivity contribution is 0.305. The monoisotopic (exact) mass is 199 g/mol. The molecule has 2 heteroatoms. The first-order valence-electron chi connectivity index (χ1n) is 4.93. The summed E-state index contributed by atoms with van der Waals surface area (Å²) in [7, 11) is 0. The van der Waals surface area contributed by atoms with Crippen LogP contribution in [0.15, 0.2) is 48.8 Å². The van der Waals surface area contributed by atoms with E-state index >= 15 is 0 Å². The van der Waals surface area contributed by atoms with E-state index in [-0.39, 0.29) is 0 Å². The van der Waals surface area contributed by atoms with E-state index in [0.717, 1.165) is 11.3 Å². The molecule has 0 unspecified atom stereocenters. The summed E-state index contributed by atoms with van der Waals surface area (Å²) in [5.74, 6) is 0.893. The van der Waals surface area contributed by atoms with Crippen molar-refractivity contribution in [2.24, 2.45) is 0 Å². The van der Waals surface area contributed by atoms with Gasteiger partial charge in [-0.05, 0) is 25.1 Å². The quantitative estimate of drug-likeness (QED) is 0.758. The fourth-order valence-corrected chi connectivity index (χ4v) is 1.28. The molecule has 2 aromatic rings. The van der Waals surface area contributed by atoms with Gasteiger partial charge >= 0.3 is 0 Å². The molecule has 1 heterocycles. The van der Waals surface area contributed by atoms with E-state index in [1.165, 1.54) is 5.56 Å². The normalized spacial score (nSPS) is 9.93. The van der Waals surface area contributed by atoms with E-state index in [0.29, 0.717) is 6.61 Å². The number of nitrogens with zero attached hydrogens (tertiary/aromatic N) is 1. The van der Waals surface area contributed by atoms with Crippen molar-refractivity contribution in [3.8, 4) is 5.75 Å². The van der Waals surface area contributed by atoms with Crippen molar-refractivity contribution in [2.45, 2.75) is 13.5 Å². The number of ether oxygens (including phenoxy) is 1. The molecule has 0 amide bonds. The highest BCUT2D eigenvalue weighted by Crippen LogP contribution is 2.13. The van der Waals surface area contributed by atoms with Gasteiger partial charge in [-0.15, -0.1) is 0 Å². The molecule has 0 bridgehead atoms. The molecule has 2 rings (SSSR count). The first-order valence-corrected chi connectivity index (χ1v) is 4.93. The number of benzene rings is 1. The average Bonchev–Trinajstić information content (AvgIpc) is 2.30. The Hall–Kier alpha value is -1.83. The first-order chi connectivity index (χ1) is 7.34. The van der Waals surface area contributed by atoms with Crippen molar-refractivity contribution >= 4 is 0 Å². The number of hydrogen-bond acceptors (Lipinski definition) is 2. The summed E-state index contributed by atoms with van der Waals surface area (Å²) in [4.78, 5) is 4.03. The standard InChI is InChI=1S/C13H13NO/c1-11-4-6-13(7-5-11)15-10-12-3-2-8-14-9-12/h2-9H,10H2,1H3. The van der Waals surface area contributed by atoms with Crippen molar-refractivity contribution in [2.75, 3.05) is 0 Å². The van der Waals surface area contributed by atoms with Crippen molar-refractivity contribution in [3.05, 3.63) is 59.9 Å². The van der Waals surface area contributed by atoms with Gasteiger partial charge < -0.3 is 4.74 Å². The van der Waals surface area contributed by atoms with Gasteiger partial charge in [-0.1, -0.05) is 23.8 Å². The molecule has 1 aromatic carbocycles. The summed E-state index contributed by atoms with van der Waals surface area (Å²) >= 11 is 0. The summed E-state index contributed by atoms with van der Waals surface area (Å²) < 4.78 is 5.61. The Balaban J connectivity index is 1.96. The Morgan fingerprint density at radius 1 is 1.13 bits per heavy atom. The highest BCUT2D eigenvalue weighted by molar-refractivity contribution is 5.26. The van der Waals surface area contributed by atoms with Crippen LogP contribution in [0.2, 0.25) is 0 Å². The molecule has 0 fully saturated rings. The van der Waals surface area contributed by atoms with Gasteiger partial charge in [-0.3, -0.25) is 4.98 Å². The summed E-state index contributed by atoms with van der Waals surface area (Å²) in [6, 6.07) is 11.9. The zero-order valence-corrected chi connectivity index (χ0v) is 8.68. The van der Waals surface area contributed by atoms with Crippen molar-refractivity contribution < 1.29 is 4.74 Å². The third-order valence-corrected chi connectivity index (χ3v) is 2.15. The molecule has 0 aliphatic heterocycles. The maximum atomic E-state index is 5.61. The maximum Gasteiger partial charge on any atom is 0.119 e. The highest BCUT2D eigenvalue weighted by atomic mass is 16.5. The molecule has 76 valence electrons. The van der Waals surface area contributed by atoms with Crippen molar-refractivity contribution in [3.63, 3.8) is 0 Å². The van der Waals surface area contributed by atoms with Crippen LogP contribution in [0.4, 0.5) is 0 Å². The summed E-state index contributed by atoms with van der Waals surface area (Å²) in [5.41, 5.74) is 2.32. The minimum atomic E-state index is 0.566.